The van der Waals surface area contributed by atoms with Crippen LogP contribution in [0.2, 0.25) is 0 Å². The lowest BCUT2D eigenvalue weighted by atomic mass is 9.90. The summed E-state index contributed by atoms with van der Waals surface area (Å²) in [5, 5.41) is 0. The number of benzene rings is 1. The van der Waals surface area contributed by atoms with Gasteiger partial charge in [0, 0.05) is 50.9 Å². The quantitative estimate of drug-likeness (QED) is 0.709. The molecule has 3 aliphatic rings. The van der Waals surface area contributed by atoms with Crippen LogP contribution in [0.5, 0.6) is 5.75 Å². The van der Waals surface area contributed by atoms with Gasteiger partial charge in [0.2, 0.25) is 0 Å². The summed E-state index contributed by atoms with van der Waals surface area (Å²) in [4.78, 5) is 31.2. The molecule has 1 aromatic carbocycles. The molecule has 0 unspecified atom stereocenters. The van der Waals surface area contributed by atoms with Gasteiger partial charge >= 0.3 is 6.09 Å². The summed E-state index contributed by atoms with van der Waals surface area (Å²) in [6.45, 7) is 9.82. The van der Waals surface area contributed by atoms with Gasteiger partial charge in [-0.2, -0.15) is 0 Å². The second-order valence-corrected chi connectivity index (χ2v) is 10.2. The second-order valence-electron chi connectivity index (χ2n) is 10.2. The lowest BCUT2D eigenvalue weighted by molar-refractivity contribution is 0.0141. The molecule has 1 aliphatic carbocycles. The Balaban J connectivity index is 1.23. The fourth-order valence-electron chi connectivity index (χ4n) is 4.58. The zero-order valence-corrected chi connectivity index (χ0v) is 19.7. The highest BCUT2D eigenvalue weighted by Crippen LogP contribution is 2.28. The molecule has 2 aliphatic heterocycles. The minimum Gasteiger partial charge on any atom is -0.490 e. The van der Waals surface area contributed by atoms with E-state index in [1.165, 1.54) is 19.3 Å². The topological polar surface area (TPSA) is 62.3 Å². The average Bonchev–Trinajstić information content (AvgIpc) is 2.73. The average molecular weight is 444 g/mol. The van der Waals surface area contributed by atoms with E-state index in [1.54, 1.807) is 9.80 Å². The summed E-state index contributed by atoms with van der Waals surface area (Å²) in [5.41, 5.74) is 0.143. The van der Waals surface area contributed by atoms with Crippen LogP contribution in [0.1, 0.15) is 63.2 Å². The van der Waals surface area contributed by atoms with Crippen molar-refractivity contribution in [3.05, 3.63) is 29.8 Å². The van der Waals surface area contributed by atoms with Gasteiger partial charge in [0.1, 0.15) is 17.5 Å². The Morgan fingerprint density at radius 2 is 1.44 bits per heavy atom. The van der Waals surface area contributed by atoms with Gasteiger partial charge in [-0.1, -0.05) is 6.42 Å². The number of rotatable bonds is 4. The van der Waals surface area contributed by atoms with Crippen LogP contribution in [0.25, 0.3) is 0 Å². The highest BCUT2D eigenvalue weighted by atomic mass is 16.6. The van der Waals surface area contributed by atoms with E-state index in [0.717, 1.165) is 37.7 Å². The second kappa shape index (κ2) is 9.69. The lowest BCUT2D eigenvalue weighted by Crippen LogP contribution is -2.51. The first kappa shape index (κ1) is 22.9. The Hall–Kier alpha value is -2.28. The third-order valence-electron chi connectivity index (χ3n) is 6.69. The maximum Gasteiger partial charge on any atom is 0.410 e. The van der Waals surface area contributed by atoms with E-state index in [4.69, 9.17) is 9.47 Å². The van der Waals surface area contributed by atoms with Crippen LogP contribution in [0.15, 0.2) is 24.3 Å². The first-order valence-electron chi connectivity index (χ1n) is 12.1. The van der Waals surface area contributed by atoms with Crippen molar-refractivity contribution in [2.75, 3.05) is 39.3 Å². The smallest absolute Gasteiger partial charge is 0.410 e. The molecule has 0 atom stereocenters. The summed E-state index contributed by atoms with van der Waals surface area (Å²) in [6, 6.07) is 8.32. The van der Waals surface area contributed by atoms with Gasteiger partial charge in [0.05, 0.1) is 0 Å². The summed E-state index contributed by atoms with van der Waals surface area (Å²) < 4.78 is 11.6. The monoisotopic (exact) mass is 443 g/mol. The molecule has 0 spiro atoms. The number of carbonyl (C=O) groups is 2. The fourth-order valence-corrected chi connectivity index (χ4v) is 4.58. The van der Waals surface area contributed by atoms with E-state index in [9.17, 15) is 9.59 Å². The number of amides is 2. The lowest BCUT2D eigenvalue weighted by Gasteiger charge is -2.41. The molecule has 176 valence electrons. The maximum atomic E-state index is 12.9. The van der Waals surface area contributed by atoms with Crippen LogP contribution in [-0.4, -0.2) is 83.7 Å². The van der Waals surface area contributed by atoms with Crippen molar-refractivity contribution >= 4 is 12.0 Å². The van der Waals surface area contributed by atoms with Gasteiger partial charge in [-0.3, -0.25) is 4.79 Å². The van der Waals surface area contributed by atoms with Crippen LogP contribution in [-0.2, 0) is 4.74 Å². The predicted molar refractivity (Wildman–Crippen MR) is 123 cm³/mol. The van der Waals surface area contributed by atoms with Gasteiger partial charge in [-0.25, -0.2) is 4.79 Å². The summed E-state index contributed by atoms with van der Waals surface area (Å²) >= 11 is 0. The Kier molecular flexibility index (Phi) is 6.93. The van der Waals surface area contributed by atoms with Crippen LogP contribution in [0.4, 0.5) is 4.79 Å². The number of piperazine rings is 1. The van der Waals surface area contributed by atoms with Crippen LogP contribution in [0.3, 0.4) is 0 Å². The molecule has 1 saturated carbocycles. The van der Waals surface area contributed by atoms with Crippen molar-refractivity contribution in [3.63, 3.8) is 0 Å². The van der Waals surface area contributed by atoms with Crippen molar-refractivity contribution in [2.24, 2.45) is 0 Å². The SMILES string of the molecule is CC(C)(C)OC(=O)N1CCN(C(=O)c2ccc(OC3CCN(C4CCC4)CC3)cc2)CC1. The number of hydrogen-bond acceptors (Lipinski definition) is 5. The number of likely N-dealkylation sites (tertiary alicyclic amines) is 1. The highest BCUT2D eigenvalue weighted by Gasteiger charge is 2.30. The summed E-state index contributed by atoms with van der Waals surface area (Å²) in [5.74, 6) is 0.826. The van der Waals surface area contributed by atoms with Gasteiger partial charge in [-0.05, 0) is 70.7 Å². The van der Waals surface area contributed by atoms with E-state index >= 15 is 0 Å². The molecule has 2 saturated heterocycles. The standard InChI is InChI=1S/C25H37N3O4/c1-25(2,3)32-24(30)28-17-15-27(16-18-28)23(29)19-7-9-21(10-8-19)31-22-11-13-26(14-12-22)20-5-4-6-20/h7-10,20,22H,4-6,11-18H2,1-3H3. The number of carbonyl (C=O) groups excluding carboxylic acids is 2. The molecule has 1 aromatic rings. The minimum absolute atomic E-state index is 0.00537. The minimum atomic E-state index is -0.512. The van der Waals surface area contributed by atoms with Crippen molar-refractivity contribution < 1.29 is 19.1 Å². The molecule has 7 nitrogen and oxygen atoms in total. The highest BCUT2D eigenvalue weighted by molar-refractivity contribution is 5.94. The molecule has 4 rings (SSSR count). The van der Waals surface area contributed by atoms with Gasteiger partial charge in [0.15, 0.2) is 0 Å². The first-order chi connectivity index (χ1) is 15.3. The molecular formula is C25H37N3O4. The van der Waals surface area contributed by atoms with E-state index < -0.39 is 5.60 Å². The van der Waals surface area contributed by atoms with E-state index in [1.807, 2.05) is 45.0 Å². The van der Waals surface area contributed by atoms with Crippen molar-refractivity contribution in [2.45, 2.75) is 70.6 Å². The molecule has 0 N–H and O–H groups in total. The summed E-state index contributed by atoms with van der Waals surface area (Å²) in [7, 11) is 0. The zero-order chi connectivity index (χ0) is 22.7. The van der Waals surface area contributed by atoms with E-state index in [2.05, 4.69) is 4.90 Å². The van der Waals surface area contributed by atoms with Gasteiger partial charge in [-0.15, -0.1) is 0 Å². The molecule has 2 amide bonds. The maximum absolute atomic E-state index is 12.9. The van der Waals surface area contributed by atoms with Gasteiger partial charge < -0.3 is 24.2 Å². The van der Waals surface area contributed by atoms with Crippen LogP contribution < -0.4 is 4.74 Å². The van der Waals surface area contributed by atoms with Crippen molar-refractivity contribution in [1.82, 2.24) is 14.7 Å². The number of nitrogens with zero attached hydrogens (tertiary/aromatic N) is 3. The normalized spacial score (nSPS) is 21.2. The molecule has 3 fully saturated rings. The molecule has 0 radical (unpaired) electrons. The molecule has 7 heteroatoms. The number of piperidine rings is 1. The first-order valence-corrected chi connectivity index (χ1v) is 12.1. The Bertz CT molecular complexity index is 784. The van der Waals surface area contributed by atoms with Gasteiger partial charge in [0.25, 0.3) is 5.91 Å². The molecule has 32 heavy (non-hydrogen) atoms. The van der Waals surface area contributed by atoms with E-state index in [-0.39, 0.29) is 18.1 Å². The molecular weight excluding hydrogens is 406 g/mol. The Labute approximate surface area is 191 Å². The zero-order valence-electron chi connectivity index (χ0n) is 19.7. The number of hydrogen-bond donors (Lipinski definition) is 0. The van der Waals surface area contributed by atoms with Crippen molar-refractivity contribution in [3.8, 4) is 5.75 Å². The summed E-state index contributed by atoms with van der Waals surface area (Å²) in [6.07, 6.45) is 6.18. The fraction of sp³-hybridized carbons (Fsp3) is 0.680. The molecule has 0 aromatic heterocycles. The Morgan fingerprint density at radius 1 is 0.844 bits per heavy atom. The Morgan fingerprint density at radius 3 is 1.97 bits per heavy atom. The van der Waals surface area contributed by atoms with Crippen LogP contribution in [0, 0.1) is 0 Å². The molecule has 0 bridgehead atoms. The van der Waals surface area contributed by atoms with Crippen LogP contribution >= 0.6 is 0 Å². The van der Waals surface area contributed by atoms with E-state index in [0.29, 0.717) is 31.7 Å². The molecule has 2 heterocycles. The predicted octanol–water partition coefficient (Wildman–Crippen LogP) is 3.78. The third-order valence-corrected chi connectivity index (χ3v) is 6.69. The van der Waals surface area contributed by atoms with Crippen molar-refractivity contribution in [1.29, 1.82) is 0 Å². The number of ether oxygens (including phenoxy) is 2. The largest absolute Gasteiger partial charge is 0.490 e. The third kappa shape index (κ3) is 5.74.